The zero-order chi connectivity index (χ0) is 27.4. The van der Waals surface area contributed by atoms with Gasteiger partial charge in [0.1, 0.15) is 17.9 Å². The van der Waals surface area contributed by atoms with Gasteiger partial charge < -0.3 is 30.4 Å². The number of benzene rings is 1. The van der Waals surface area contributed by atoms with Crippen LogP contribution in [0, 0.1) is 6.92 Å². The molecule has 0 saturated carbocycles. The molecule has 0 radical (unpaired) electrons. The summed E-state index contributed by atoms with van der Waals surface area (Å²) >= 11 is 0. The number of H-pyrrole nitrogens is 1. The third kappa shape index (κ3) is 6.22. The lowest BCUT2D eigenvalue weighted by molar-refractivity contribution is -0.153. The first-order valence-corrected chi connectivity index (χ1v) is 11.8. The number of pyridine rings is 1. The first-order chi connectivity index (χ1) is 18.1. The molecular formula is C25H26F3N5O5. The molecule has 0 unspecified atom stereocenters. The number of anilines is 1. The molecule has 0 aliphatic carbocycles. The van der Waals surface area contributed by atoms with Gasteiger partial charge in [-0.1, -0.05) is 18.2 Å². The molecule has 1 saturated heterocycles. The highest BCUT2D eigenvalue weighted by atomic mass is 19.4. The Kier molecular flexibility index (Phi) is 7.86. The molecule has 0 bridgehead atoms. The molecule has 1 aliphatic rings. The maximum absolute atomic E-state index is 13.1. The number of fused-ring (bicyclic) bond motifs is 1. The van der Waals surface area contributed by atoms with Crippen LogP contribution in [0.5, 0.6) is 5.75 Å². The number of aromatic amines is 1. The first kappa shape index (κ1) is 26.9. The number of aliphatic hydroxyl groups is 1. The van der Waals surface area contributed by atoms with Gasteiger partial charge in [0.25, 0.3) is 11.8 Å². The van der Waals surface area contributed by atoms with Crippen LogP contribution in [0.4, 0.5) is 18.9 Å². The van der Waals surface area contributed by atoms with E-state index < -0.39 is 37.1 Å². The Hall–Kier alpha value is -4.13. The smallest absolute Gasteiger partial charge is 0.422 e. The van der Waals surface area contributed by atoms with Crippen molar-refractivity contribution in [3.05, 3.63) is 53.3 Å². The second kappa shape index (κ2) is 11.1. The fraction of sp³-hybridized carbons (Fsp3) is 0.360. The van der Waals surface area contributed by atoms with Gasteiger partial charge in [-0.15, -0.1) is 0 Å². The fourth-order valence-electron chi connectivity index (χ4n) is 4.19. The number of hydrogen-bond donors (Lipinski definition) is 4. The minimum Gasteiger partial charge on any atom is -0.481 e. The molecule has 1 fully saturated rings. The molecule has 0 spiro atoms. The molecule has 13 heteroatoms. The number of nitrogens with zero attached hydrogens (tertiary/aromatic N) is 2. The van der Waals surface area contributed by atoms with Gasteiger partial charge in [0.2, 0.25) is 5.91 Å². The van der Waals surface area contributed by atoms with Crippen LogP contribution in [0.2, 0.25) is 0 Å². The van der Waals surface area contributed by atoms with Crippen LogP contribution in [-0.2, 0) is 4.79 Å². The number of likely N-dealkylation sites (tertiary alicyclic amines) is 1. The zero-order valence-corrected chi connectivity index (χ0v) is 20.4. The second-order valence-electron chi connectivity index (χ2n) is 8.86. The van der Waals surface area contributed by atoms with E-state index in [1.165, 1.54) is 11.0 Å². The van der Waals surface area contributed by atoms with E-state index in [0.717, 1.165) is 0 Å². The molecule has 1 aromatic carbocycles. The molecule has 10 nitrogen and oxygen atoms in total. The van der Waals surface area contributed by atoms with Gasteiger partial charge in [-0.2, -0.15) is 13.2 Å². The number of aliphatic hydroxyl groups excluding tert-OH is 1. The van der Waals surface area contributed by atoms with E-state index in [2.05, 4.69) is 20.6 Å². The Balaban J connectivity index is 1.61. The standard InChI is InChI=1S/C25H26F3N5O5/c1-14-18(31-23(36)15-5-3-2-4-6-15)11-17-21(38-13-25(26,27)28)20(32-22(17)29-14)24(37)30-16-7-9-33(10-8-16)19(35)12-34/h2-6,11,16,34H,7-10,12-13H2,1H3,(H,29,32)(H,30,37)(H,31,36). The quantitative estimate of drug-likeness (QED) is 0.369. The number of aromatic nitrogens is 2. The lowest BCUT2D eigenvalue weighted by Crippen LogP contribution is -2.47. The SMILES string of the molecule is Cc1nc2[nH]c(C(=O)NC3CCN(C(=O)CO)CC3)c(OCC(F)(F)F)c2cc1NC(=O)c1ccccc1. The van der Waals surface area contributed by atoms with Gasteiger partial charge in [0.15, 0.2) is 12.4 Å². The average Bonchev–Trinajstić information content (AvgIpc) is 3.25. The summed E-state index contributed by atoms with van der Waals surface area (Å²) in [7, 11) is 0. The van der Waals surface area contributed by atoms with Gasteiger partial charge in [-0.3, -0.25) is 14.4 Å². The van der Waals surface area contributed by atoms with Crippen LogP contribution >= 0.6 is 0 Å². The van der Waals surface area contributed by atoms with Gasteiger partial charge in [-0.05, 0) is 38.0 Å². The molecule has 38 heavy (non-hydrogen) atoms. The lowest BCUT2D eigenvalue weighted by atomic mass is 10.0. The van der Waals surface area contributed by atoms with E-state index in [9.17, 15) is 27.6 Å². The molecule has 2 aromatic heterocycles. The highest BCUT2D eigenvalue weighted by Gasteiger charge is 2.32. The summed E-state index contributed by atoms with van der Waals surface area (Å²) in [4.78, 5) is 46.0. The average molecular weight is 534 g/mol. The van der Waals surface area contributed by atoms with E-state index in [4.69, 9.17) is 9.84 Å². The molecule has 1 aliphatic heterocycles. The molecule has 4 rings (SSSR count). The van der Waals surface area contributed by atoms with Crippen molar-refractivity contribution >= 4 is 34.4 Å². The zero-order valence-electron chi connectivity index (χ0n) is 20.4. The summed E-state index contributed by atoms with van der Waals surface area (Å²) in [5.41, 5.74) is 0.872. The first-order valence-electron chi connectivity index (χ1n) is 11.8. The van der Waals surface area contributed by atoms with Crippen molar-refractivity contribution in [1.82, 2.24) is 20.2 Å². The van der Waals surface area contributed by atoms with Crippen molar-refractivity contribution in [1.29, 1.82) is 0 Å². The van der Waals surface area contributed by atoms with E-state index in [-0.39, 0.29) is 34.2 Å². The van der Waals surface area contributed by atoms with Crippen LogP contribution in [0.1, 0.15) is 39.4 Å². The predicted molar refractivity (Wildman–Crippen MR) is 131 cm³/mol. The fourth-order valence-corrected chi connectivity index (χ4v) is 4.19. The van der Waals surface area contributed by atoms with Crippen molar-refractivity contribution in [2.24, 2.45) is 0 Å². The summed E-state index contributed by atoms with van der Waals surface area (Å²) in [5.74, 6) is -1.89. The largest absolute Gasteiger partial charge is 0.481 e. The Morgan fingerprint density at radius 3 is 2.47 bits per heavy atom. The lowest BCUT2D eigenvalue weighted by Gasteiger charge is -2.32. The number of amides is 3. The molecule has 3 aromatic rings. The number of ether oxygens (including phenoxy) is 1. The third-order valence-electron chi connectivity index (χ3n) is 6.14. The summed E-state index contributed by atoms with van der Waals surface area (Å²) in [6.45, 7) is 0.00536. The number of carbonyl (C=O) groups excluding carboxylic acids is 3. The van der Waals surface area contributed by atoms with Crippen molar-refractivity contribution < 1.29 is 37.4 Å². The number of halogens is 3. The molecule has 3 amide bonds. The Labute approximate surface area is 215 Å². The molecular weight excluding hydrogens is 507 g/mol. The minimum atomic E-state index is -4.66. The van der Waals surface area contributed by atoms with Gasteiger partial charge in [-0.25, -0.2) is 4.98 Å². The third-order valence-corrected chi connectivity index (χ3v) is 6.14. The predicted octanol–water partition coefficient (Wildman–Crippen LogP) is 2.78. The van der Waals surface area contributed by atoms with Gasteiger partial charge in [0, 0.05) is 24.7 Å². The van der Waals surface area contributed by atoms with E-state index in [0.29, 0.717) is 37.2 Å². The van der Waals surface area contributed by atoms with Gasteiger partial charge >= 0.3 is 6.18 Å². The van der Waals surface area contributed by atoms with Gasteiger partial charge in [0.05, 0.1) is 16.8 Å². The van der Waals surface area contributed by atoms with Crippen molar-refractivity contribution in [3.63, 3.8) is 0 Å². The second-order valence-corrected chi connectivity index (χ2v) is 8.86. The highest BCUT2D eigenvalue weighted by Crippen LogP contribution is 2.34. The summed E-state index contributed by atoms with van der Waals surface area (Å²) in [6, 6.07) is 9.42. The topological polar surface area (TPSA) is 137 Å². The summed E-state index contributed by atoms with van der Waals surface area (Å²) in [5, 5.41) is 14.6. The number of alkyl halides is 3. The highest BCUT2D eigenvalue weighted by molar-refractivity contribution is 6.07. The number of nitrogens with one attached hydrogen (secondary N) is 3. The van der Waals surface area contributed by atoms with Crippen LogP contribution in [0.25, 0.3) is 11.0 Å². The van der Waals surface area contributed by atoms with E-state index >= 15 is 0 Å². The van der Waals surface area contributed by atoms with E-state index in [1.807, 2.05) is 0 Å². The summed E-state index contributed by atoms with van der Waals surface area (Å²) in [6.07, 6.45) is -3.85. The molecule has 0 atom stereocenters. The maximum Gasteiger partial charge on any atom is 0.422 e. The number of aryl methyl sites for hydroxylation is 1. The normalized spacial score (nSPS) is 14.4. The van der Waals surface area contributed by atoms with Crippen molar-refractivity contribution in [2.75, 3.05) is 31.6 Å². The number of rotatable bonds is 7. The molecule has 4 N–H and O–H groups in total. The number of hydrogen-bond acceptors (Lipinski definition) is 6. The Bertz CT molecular complexity index is 1330. The summed E-state index contributed by atoms with van der Waals surface area (Å²) < 4.78 is 44.1. The Morgan fingerprint density at radius 1 is 1.16 bits per heavy atom. The number of carbonyl (C=O) groups is 3. The van der Waals surface area contributed by atoms with Crippen LogP contribution < -0.4 is 15.4 Å². The minimum absolute atomic E-state index is 0.0942. The van der Waals surface area contributed by atoms with Crippen molar-refractivity contribution in [3.8, 4) is 5.75 Å². The maximum atomic E-state index is 13.1. The molecule has 202 valence electrons. The monoisotopic (exact) mass is 533 g/mol. The van der Waals surface area contributed by atoms with Crippen LogP contribution in [-0.4, -0.2) is 76.2 Å². The van der Waals surface area contributed by atoms with Crippen LogP contribution in [0.15, 0.2) is 36.4 Å². The molecule has 3 heterocycles. The van der Waals surface area contributed by atoms with Crippen molar-refractivity contribution in [2.45, 2.75) is 32.0 Å². The number of piperidine rings is 1. The van der Waals surface area contributed by atoms with E-state index in [1.54, 1.807) is 37.3 Å². The van der Waals surface area contributed by atoms with Crippen LogP contribution in [0.3, 0.4) is 0 Å². The Morgan fingerprint density at radius 2 is 1.84 bits per heavy atom.